The van der Waals surface area contributed by atoms with Gasteiger partial charge in [0.05, 0.1) is 16.9 Å². The van der Waals surface area contributed by atoms with Gasteiger partial charge in [0, 0.05) is 30.4 Å². The highest BCUT2D eigenvalue weighted by Gasteiger charge is 2.18. The number of anilines is 2. The summed E-state index contributed by atoms with van der Waals surface area (Å²) in [4.78, 5) is 18.0. The van der Waals surface area contributed by atoms with Crippen LogP contribution in [-0.2, 0) is 0 Å². The van der Waals surface area contributed by atoms with Crippen LogP contribution in [0, 0.1) is 16.6 Å². The molecule has 0 spiro atoms. The van der Waals surface area contributed by atoms with Crippen molar-refractivity contribution in [1.82, 2.24) is 24.5 Å². The smallest absolute Gasteiger partial charge is 0.280 e. The Morgan fingerprint density at radius 2 is 1.94 bits per heavy atom. The molecule has 0 aliphatic carbocycles. The number of nitrogens with one attached hydrogen (secondary N) is 2. The van der Waals surface area contributed by atoms with Crippen LogP contribution < -0.4 is 10.5 Å². The summed E-state index contributed by atoms with van der Waals surface area (Å²) in [6.45, 7) is 0. The Morgan fingerprint density at radius 3 is 2.59 bits per heavy atom. The minimum absolute atomic E-state index is 0.156. The maximum atomic E-state index is 14.2. The molecule has 8 nitrogen and oxygen atoms in total. The molecule has 3 aromatic heterocycles. The molecule has 12 heteroatoms. The summed E-state index contributed by atoms with van der Waals surface area (Å²) in [6, 6.07) is 6.70. The van der Waals surface area contributed by atoms with Crippen LogP contribution in [0.5, 0.6) is 0 Å². The molecular formula is C20H14ClF3N8. The van der Waals surface area contributed by atoms with E-state index in [-0.39, 0.29) is 28.0 Å². The first-order chi connectivity index (χ1) is 15.3. The highest BCUT2D eigenvalue weighted by molar-refractivity contribution is 6.31. The van der Waals surface area contributed by atoms with Crippen LogP contribution in [0.25, 0.3) is 22.3 Å². The molecule has 0 fully saturated rings. The molecule has 0 unspecified atom stereocenters. The van der Waals surface area contributed by atoms with Gasteiger partial charge in [-0.1, -0.05) is 11.6 Å². The zero-order valence-corrected chi connectivity index (χ0v) is 17.1. The topological polar surface area (TPSA) is 107 Å². The number of benzene rings is 1. The van der Waals surface area contributed by atoms with E-state index in [4.69, 9.17) is 22.4 Å². The van der Waals surface area contributed by atoms with E-state index >= 15 is 0 Å². The number of halogens is 4. The second kappa shape index (κ2) is 8.35. The molecule has 0 bridgehead atoms. The number of nitrogens with zero attached hydrogens (tertiary/aromatic N) is 6. The molecule has 0 aliphatic rings. The molecule has 0 saturated carbocycles. The summed E-state index contributed by atoms with van der Waals surface area (Å²) in [5.41, 5.74) is 0.119. The zero-order chi connectivity index (χ0) is 23.0. The number of fused-ring (bicyclic) bond motifs is 1. The standard InChI is InChI=1S/C20H14ClF3N8/c1-31(16-4-5-27-18(29-16)10-2-3-14(17(23)24)28-8-10)19-11-6-13(22)12(21)7-15(11)32(9-25)20(26)30-19/h2-9,17,25-26H,1H3. The zero-order valence-electron chi connectivity index (χ0n) is 16.4. The van der Waals surface area contributed by atoms with E-state index < -0.39 is 12.2 Å². The number of hydrogen-bond donors (Lipinski definition) is 2. The van der Waals surface area contributed by atoms with E-state index in [0.29, 0.717) is 22.3 Å². The largest absolute Gasteiger partial charge is 0.313 e. The van der Waals surface area contributed by atoms with Crippen molar-refractivity contribution in [3.05, 3.63) is 64.9 Å². The van der Waals surface area contributed by atoms with Gasteiger partial charge in [0.2, 0.25) is 5.62 Å². The number of aromatic nitrogens is 5. The van der Waals surface area contributed by atoms with E-state index in [1.807, 2.05) is 0 Å². The van der Waals surface area contributed by atoms with Crippen molar-refractivity contribution < 1.29 is 13.2 Å². The van der Waals surface area contributed by atoms with Crippen LogP contribution >= 0.6 is 11.6 Å². The van der Waals surface area contributed by atoms with Crippen molar-refractivity contribution >= 4 is 40.5 Å². The summed E-state index contributed by atoms with van der Waals surface area (Å²) in [7, 11) is 1.62. The Labute approximate surface area is 184 Å². The lowest BCUT2D eigenvalue weighted by Gasteiger charge is -2.20. The van der Waals surface area contributed by atoms with Crippen molar-refractivity contribution in [3.63, 3.8) is 0 Å². The second-order valence-corrected chi connectivity index (χ2v) is 7.02. The number of rotatable bonds is 5. The summed E-state index contributed by atoms with van der Waals surface area (Å²) in [5, 5.41) is 15.8. The lowest BCUT2D eigenvalue weighted by Crippen LogP contribution is -2.27. The molecule has 4 aromatic rings. The predicted octanol–water partition coefficient (Wildman–Crippen LogP) is 4.32. The molecule has 0 atom stereocenters. The molecule has 2 N–H and O–H groups in total. The first kappa shape index (κ1) is 21.4. The third-order valence-electron chi connectivity index (χ3n) is 4.68. The lowest BCUT2D eigenvalue weighted by atomic mass is 10.2. The van der Waals surface area contributed by atoms with Gasteiger partial charge >= 0.3 is 0 Å². The summed E-state index contributed by atoms with van der Waals surface area (Å²) < 4.78 is 40.9. The fraction of sp³-hybridized carbons (Fsp3) is 0.100. The minimum Gasteiger partial charge on any atom is -0.313 e. The molecule has 162 valence electrons. The number of alkyl halides is 2. The van der Waals surface area contributed by atoms with Crippen molar-refractivity contribution in [3.8, 4) is 11.4 Å². The Balaban J connectivity index is 1.82. The molecule has 4 rings (SSSR count). The van der Waals surface area contributed by atoms with E-state index in [0.717, 1.165) is 10.9 Å². The van der Waals surface area contributed by atoms with Crippen molar-refractivity contribution in [1.29, 1.82) is 10.8 Å². The van der Waals surface area contributed by atoms with E-state index in [1.165, 1.54) is 41.6 Å². The van der Waals surface area contributed by atoms with Gasteiger partial charge in [-0.2, -0.15) is 4.98 Å². The van der Waals surface area contributed by atoms with Crippen LogP contribution in [-0.4, -0.2) is 37.9 Å². The third kappa shape index (κ3) is 3.78. The normalized spacial score (nSPS) is 11.2. The van der Waals surface area contributed by atoms with Crippen LogP contribution in [0.1, 0.15) is 12.1 Å². The van der Waals surface area contributed by atoms with Crippen LogP contribution in [0.15, 0.2) is 42.7 Å². The first-order valence-corrected chi connectivity index (χ1v) is 9.45. The van der Waals surface area contributed by atoms with Gasteiger partial charge in [0.1, 0.15) is 23.1 Å². The molecule has 32 heavy (non-hydrogen) atoms. The lowest BCUT2D eigenvalue weighted by molar-refractivity contribution is 0.146. The third-order valence-corrected chi connectivity index (χ3v) is 4.97. The van der Waals surface area contributed by atoms with Gasteiger partial charge in [-0.05, 0) is 30.3 Å². The maximum absolute atomic E-state index is 14.2. The van der Waals surface area contributed by atoms with Crippen LogP contribution in [0.4, 0.5) is 24.8 Å². The minimum atomic E-state index is -2.68. The first-order valence-electron chi connectivity index (χ1n) is 9.08. The van der Waals surface area contributed by atoms with Crippen LogP contribution in [0.3, 0.4) is 0 Å². The monoisotopic (exact) mass is 458 g/mol. The van der Waals surface area contributed by atoms with Gasteiger partial charge in [-0.15, -0.1) is 0 Å². The molecule has 0 aliphatic heterocycles. The fourth-order valence-electron chi connectivity index (χ4n) is 3.08. The van der Waals surface area contributed by atoms with Gasteiger partial charge in [-0.25, -0.2) is 23.1 Å². The summed E-state index contributed by atoms with van der Waals surface area (Å²) in [6.07, 6.45) is 0.922. The number of pyridine rings is 1. The number of hydrogen-bond acceptors (Lipinski definition) is 7. The van der Waals surface area contributed by atoms with Crippen molar-refractivity contribution in [2.24, 2.45) is 0 Å². The molecule has 0 saturated heterocycles. The highest BCUT2D eigenvalue weighted by Crippen LogP contribution is 2.31. The fourth-order valence-corrected chi connectivity index (χ4v) is 3.24. The average molecular weight is 459 g/mol. The Morgan fingerprint density at radius 1 is 1.16 bits per heavy atom. The molecule has 0 radical (unpaired) electrons. The molecule has 1 aromatic carbocycles. The summed E-state index contributed by atoms with van der Waals surface area (Å²) in [5.74, 6) is 0.106. The molecule has 3 heterocycles. The quantitative estimate of drug-likeness (QED) is 0.342. The maximum Gasteiger partial charge on any atom is 0.280 e. The van der Waals surface area contributed by atoms with Gasteiger partial charge in [-0.3, -0.25) is 20.4 Å². The van der Waals surface area contributed by atoms with Crippen molar-refractivity contribution in [2.75, 3.05) is 11.9 Å². The van der Waals surface area contributed by atoms with E-state index in [9.17, 15) is 13.2 Å². The predicted molar refractivity (Wildman–Crippen MR) is 113 cm³/mol. The van der Waals surface area contributed by atoms with E-state index in [1.54, 1.807) is 13.1 Å². The van der Waals surface area contributed by atoms with E-state index in [2.05, 4.69) is 19.9 Å². The summed E-state index contributed by atoms with van der Waals surface area (Å²) >= 11 is 5.90. The second-order valence-electron chi connectivity index (χ2n) is 6.61. The van der Waals surface area contributed by atoms with Crippen LogP contribution in [0.2, 0.25) is 5.02 Å². The highest BCUT2D eigenvalue weighted by atomic mass is 35.5. The van der Waals surface area contributed by atoms with Crippen molar-refractivity contribution in [2.45, 2.75) is 6.43 Å². The van der Waals surface area contributed by atoms with Gasteiger partial charge in [0.25, 0.3) is 6.43 Å². The SMILES string of the molecule is CN(c1ccnc(-c2ccc(C(F)F)nc2)n1)c1nc(=N)n(C=N)c2cc(Cl)c(F)cc12. The molecule has 0 amide bonds. The average Bonchev–Trinajstić information content (AvgIpc) is 2.79. The van der Waals surface area contributed by atoms with Gasteiger partial charge in [0.15, 0.2) is 5.82 Å². The molecular weight excluding hydrogens is 445 g/mol. The Bertz CT molecular complexity index is 1390. The van der Waals surface area contributed by atoms with Gasteiger partial charge < -0.3 is 4.90 Å². The Hall–Kier alpha value is -3.86. The Kier molecular flexibility index (Phi) is 5.57.